The Bertz CT molecular complexity index is 1120. The lowest BCUT2D eigenvalue weighted by atomic mass is 9.75. The molecule has 1 saturated carbocycles. The van der Waals surface area contributed by atoms with E-state index in [1.165, 1.54) is 6.33 Å². The van der Waals surface area contributed by atoms with Crippen molar-refractivity contribution in [1.82, 2.24) is 24.6 Å². The zero-order valence-electron chi connectivity index (χ0n) is 16.4. The van der Waals surface area contributed by atoms with E-state index in [2.05, 4.69) is 20.4 Å². The van der Waals surface area contributed by atoms with Crippen molar-refractivity contribution in [2.24, 2.45) is 0 Å². The molecule has 3 aromatic rings. The molecule has 0 saturated heterocycles. The number of aromatic nitrogens is 5. The van der Waals surface area contributed by atoms with Crippen molar-refractivity contribution >= 4 is 34.7 Å². The van der Waals surface area contributed by atoms with E-state index in [0.717, 1.165) is 16.9 Å². The minimum atomic E-state index is -0.838. The Morgan fingerprint density at radius 1 is 1.31 bits per heavy atom. The molecular weight excluding hydrogens is 375 g/mol. The molecule has 150 valence electrons. The molecule has 1 N–H and O–H groups in total. The third kappa shape index (κ3) is 2.78. The summed E-state index contributed by atoms with van der Waals surface area (Å²) in [6.07, 6.45) is 4.89. The number of aryl methyl sites for hydroxylation is 1. The van der Waals surface area contributed by atoms with Crippen LogP contribution in [0.3, 0.4) is 0 Å². The van der Waals surface area contributed by atoms with Gasteiger partial charge >= 0.3 is 0 Å². The Morgan fingerprint density at radius 3 is 2.86 bits per heavy atom. The monoisotopic (exact) mass is 396 g/mol. The van der Waals surface area contributed by atoms with Crippen molar-refractivity contribution in [1.29, 1.82) is 0 Å². The molecule has 0 aromatic carbocycles. The number of anilines is 4. The van der Waals surface area contributed by atoms with Gasteiger partial charge in [0.25, 0.3) is 0 Å². The molecule has 0 bridgehead atoms. The summed E-state index contributed by atoms with van der Waals surface area (Å²) in [7, 11) is 1.71. The van der Waals surface area contributed by atoms with Crippen LogP contribution >= 0.6 is 0 Å². The smallest absolute Gasteiger partial charge is 0.246 e. The van der Waals surface area contributed by atoms with Gasteiger partial charge in [0.1, 0.15) is 18.2 Å². The number of hydrogen-bond donors (Lipinski definition) is 1. The van der Waals surface area contributed by atoms with E-state index in [-0.39, 0.29) is 12.5 Å². The fraction of sp³-hybridized carbons (Fsp3) is 0.421. The molecule has 1 fully saturated rings. The molecule has 9 nitrogen and oxygen atoms in total. The molecule has 0 spiro atoms. The van der Waals surface area contributed by atoms with Gasteiger partial charge in [-0.15, -0.1) is 0 Å². The largest absolute Gasteiger partial charge is 0.340 e. The maximum atomic E-state index is 13.6. The SMILES string of the molecule is Cc1cc2ncnn2cc1Nc1ncc2c(n1)N(C1(C)CC(F)C1)CC(=O)N2C. The summed E-state index contributed by atoms with van der Waals surface area (Å²) in [5.74, 6) is 0.982. The van der Waals surface area contributed by atoms with Crippen molar-refractivity contribution < 1.29 is 9.18 Å². The first-order chi connectivity index (χ1) is 13.8. The molecule has 1 aliphatic heterocycles. The first-order valence-corrected chi connectivity index (χ1v) is 9.46. The highest BCUT2D eigenvalue weighted by Gasteiger charge is 2.49. The Kier molecular flexibility index (Phi) is 3.74. The second-order valence-electron chi connectivity index (χ2n) is 8.00. The van der Waals surface area contributed by atoms with Crippen LogP contribution in [0.5, 0.6) is 0 Å². The lowest BCUT2D eigenvalue weighted by Gasteiger charge is -2.52. The number of hydrogen-bond acceptors (Lipinski definition) is 7. The van der Waals surface area contributed by atoms with Crippen molar-refractivity contribution in [2.45, 2.75) is 38.4 Å². The summed E-state index contributed by atoms with van der Waals surface area (Å²) in [5.41, 5.74) is 2.73. The third-order valence-electron chi connectivity index (χ3n) is 5.88. The van der Waals surface area contributed by atoms with Gasteiger partial charge < -0.3 is 15.1 Å². The molecule has 0 unspecified atom stereocenters. The van der Waals surface area contributed by atoms with Crippen LogP contribution < -0.4 is 15.1 Å². The Morgan fingerprint density at radius 2 is 2.10 bits per heavy atom. The lowest BCUT2D eigenvalue weighted by Crippen LogP contribution is -2.61. The predicted octanol–water partition coefficient (Wildman–Crippen LogP) is 2.24. The van der Waals surface area contributed by atoms with Gasteiger partial charge in [0, 0.05) is 25.4 Å². The summed E-state index contributed by atoms with van der Waals surface area (Å²) in [6.45, 7) is 4.11. The van der Waals surface area contributed by atoms with Crippen LogP contribution in [-0.4, -0.2) is 55.8 Å². The average molecular weight is 396 g/mol. The van der Waals surface area contributed by atoms with Crippen LogP contribution in [0.25, 0.3) is 5.65 Å². The number of carbonyl (C=O) groups is 1. The number of pyridine rings is 1. The van der Waals surface area contributed by atoms with E-state index < -0.39 is 11.7 Å². The minimum absolute atomic E-state index is 0.0576. The van der Waals surface area contributed by atoms with Crippen LogP contribution in [0.2, 0.25) is 0 Å². The van der Waals surface area contributed by atoms with Gasteiger partial charge in [-0.3, -0.25) is 4.79 Å². The average Bonchev–Trinajstić information content (AvgIpc) is 3.10. The highest BCUT2D eigenvalue weighted by molar-refractivity contribution is 6.02. The zero-order chi connectivity index (χ0) is 20.3. The second kappa shape index (κ2) is 6.10. The molecule has 4 heterocycles. The molecule has 0 radical (unpaired) electrons. The quantitative estimate of drug-likeness (QED) is 0.726. The van der Waals surface area contributed by atoms with Crippen molar-refractivity contribution in [3.63, 3.8) is 0 Å². The van der Waals surface area contributed by atoms with Crippen LogP contribution in [-0.2, 0) is 4.79 Å². The fourth-order valence-electron chi connectivity index (χ4n) is 4.08. The summed E-state index contributed by atoms with van der Waals surface area (Å²) in [4.78, 5) is 29.2. The van der Waals surface area contributed by atoms with Crippen molar-refractivity contribution in [3.05, 3.63) is 30.4 Å². The number of amides is 1. The zero-order valence-corrected chi connectivity index (χ0v) is 16.4. The first kappa shape index (κ1) is 17.8. The summed E-state index contributed by atoms with van der Waals surface area (Å²) in [6, 6.07) is 1.92. The topological polar surface area (TPSA) is 91.5 Å². The number of nitrogens with one attached hydrogen (secondary N) is 1. The number of likely N-dealkylation sites (N-methyl/N-ethyl adjacent to an activating group) is 1. The van der Waals surface area contributed by atoms with Crippen LogP contribution in [0.4, 0.5) is 27.5 Å². The van der Waals surface area contributed by atoms with Gasteiger partial charge in [0.2, 0.25) is 11.9 Å². The molecule has 5 rings (SSSR count). The second-order valence-corrected chi connectivity index (χ2v) is 8.00. The number of halogens is 1. The molecule has 2 aliphatic rings. The molecule has 29 heavy (non-hydrogen) atoms. The number of nitrogens with zero attached hydrogens (tertiary/aromatic N) is 7. The summed E-state index contributed by atoms with van der Waals surface area (Å²) < 4.78 is 15.3. The van der Waals surface area contributed by atoms with Gasteiger partial charge in [-0.1, -0.05) is 0 Å². The van der Waals surface area contributed by atoms with Gasteiger partial charge in [-0.05, 0) is 25.5 Å². The van der Waals surface area contributed by atoms with Crippen molar-refractivity contribution in [2.75, 3.05) is 28.7 Å². The molecule has 10 heteroatoms. The summed E-state index contributed by atoms with van der Waals surface area (Å²) in [5, 5.41) is 7.39. The molecule has 1 aliphatic carbocycles. The summed E-state index contributed by atoms with van der Waals surface area (Å²) >= 11 is 0. The molecule has 3 aromatic heterocycles. The Balaban J connectivity index is 1.53. The molecule has 1 amide bonds. The van der Waals surface area contributed by atoms with Crippen LogP contribution in [0.1, 0.15) is 25.3 Å². The van der Waals surface area contributed by atoms with E-state index >= 15 is 0 Å². The predicted molar refractivity (Wildman–Crippen MR) is 106 cm³/mol. The van der Waals surface area contributed by atoms with Gasteiger partial charge in [0.15, 0.2) is 11.5 Å². The van der Waals surface area contributed by atoms with Gasteiger partial charge in [-0.2, -0.15) is 10.1 Å². The number of rotatable bonds is 3. The maximum Gasteiger partial charge on any atom is 0.246 e. The van der Waals surface area contributed by atoms with Crippen LogP contribution in [0.15, 0.2) is 24.8 Å². The van der Waals surface area contributed by atoms with Gasteiger partial charge in [0.05, 0.1) is 24.6 Å². The number of fused-ring (bicyclic) bond motifs is 2. The van der Waals surface area contributed by atoms with E-state index in [1.807, 2.05) is 31.0 Å². The highest BCUT2D eigenvalue weighted by Crippen LogP contribution is 2.45. The van der Waals surface area contributed by atoms with E-state index in [9.17, 15) is 9.18 Å². The maximum absolute atomic E-state index is 13.6. The highest BCUT2D eigenvalue weighted by atomic mass is 19.1. The Hall–Kier alpha value is -3.30. The fourth-order valence-corrected chi connectivity index (χ4v) is 4.08. The molecular formula is C19H21FN8O. The first-order valence-electron chi connectivity index (χ1n) is 9.46. The number of alkyl halides is 1. The molecule has 0 atom stereocenters. The third-order valence-corrected chi connectivity index (χ3v) is 5.88. The van der Waals surface area contributed by atoms with E-state index in [0.29, 0.717) is 30.3 Å². The standard InChI is InChI=1S/C19H21FN8O/c1-11-4-15-22-10-23-28(15)8-13(11)24-18-21-7-14-17(25-18)27(9-16(29)26(14)3)19(2)5-12(20)6-19/h4,7-8,10,12H,5-6,9H2,1-3H3,(H,21,24,25). The minimum Gasteiger partial charge on any atom is -0.340 e. The number of carbonyl (C=O) groups excluding carboxylic acids is 1. The van der Waals surface area contributed by atoms with E-state index in [1.54, 1.807) is 22.7 Å². The Labute approximate surface area is 166 Å². The van der Waals surface area contributed by atoms with Gasteiger partial charge in [-0.25, -0.2) is 18.9 Å². The van der Waals surface area contributed by atoms with Crippen LogP contribution in [0, 0.1) is 6.92 Å². The van der Waals surface area contributed by atoms with Crippen molar-refractivity contribution in [3.8, 4) is 0 Å². The normalized spacial score (nSPS) is 23.9. The van der Waals surface area contributed by atoms with E-state index in [4.69, 9.17) is 4.98 Å². The lowest BCUT2D eigenvalue weighted by molar-refractivity contribution is -0.117.